The molecule has 3 heteroatoms. The van der Waals surface area contributed by atoms with Gasteiger partial charge in [-0.2, -0.15) is 0 Å². The molecular formula is C42H25NO2. The zero-order chi connectivity index (χ0) is 29.7. The summed E-state index contributed by atoms with van der Waals surface area (Å²) < 4.78 is 6.48. The number of hydrogen-bond donors (Lipinski definition) is 0. The third kappa shape index (κ3) is 3.12. The van der Waals surface area contributed by atoms with Crippen LogP contribution in [0.2, 0.25) is 0 Å². The van der Waals surface area contributed by atoms with Gasteiger partial charge in [-0.3, -0.25) is 4.79 Å². The molecule has 3 nitrogen and oxygen atoms in total. The first-order chi connectivity index (χ1) is 22.2. The highest BCUT2D eigenvalue weighted by Gasteiger charge is 2.51. The first kappa shape index (κ1) is 24.5. The van der Waals surface area contributed by atoms with Gasteiger partial charge < -0.3 is 9.32 Å². The van der Waals surface area contributed by atoms with Crippen LogP contribution in [-0.4, -0.2) is 0 Å². The average molecular weight is 576 g/mol. The fourth-order valence-corrected chi connectivity index (χ4v) is 7.99. The number of para-hydroxylation sites is 3. The van der Waals surface area contributed by atoms with Gasteiger partial charge in [-0.05, 0) is 92.7 Å². The molecule has 0 unspecified atom stereocenters. The highest BCUT2D eigenvalue weighted by atomic mass is 16.3. The molecule has 1 aromatic heterocycles. The van der Waals surface area contributed by atoms with Gasteiger partial charge in [0.05, 0.1) is 27.6 Å². The number of rotatable bonds is 1. The molecular weight excluding hydrogens is 550 g/mol. The highest BCUT2D eigenvalue weighted by Crippen LogP contribution is 2.63. The molecule has 1 aliphatic carbocycles. The maximum atomic E-state index is 13.8. The standard InChI is InChI=1S/C42H25NO2/c44-41-30-14-4-10-20-39(30)45-40-25-36-31(24-32(40)41)29-13-3-5-15-33(29)42(36)34-16-6-8-18-37(34)43(38-19-9-7-17-35(38)42)28-22-21-26-11-1-2-12-27(26)23-28/h1-25H. The van der Waals surface area contributed by atoms with Gasteiger partial charge in [-0.1, -0.05) is 103 Å². The van der Waals surface area contributed by atoms with E-state index in [2.05, 4.69) is 132 Å². The topological polar surface area (TPSA) is 33.5 Å². The van der Waals surface area contributed by atoms with Crippen LogP contribution in [0.5, 0.6) is 0 Å². The van der Waals surface area contributed by atoms with Crippen molar-refractivity contribution >= 4 is 49.8 Å². The Hall–Kier alpha value is -5.93. The van der Waals surface area contributed by atoms with Crippen LogP contribution in [0.25, 0.3) is 43.8 Å². The lowest BCUT2D eigenvalue weighted by Gasteiger charge is -2.45. The van der Waals surface area contributed by atoms with Gasteiger partial charge in [0.2, 0.25) is 5.43 Å². The van der Waals surface area contributed by atoms with Crippen molar-refractivity contribution in [1.29, 1.82) is 0 Å². The van der Waals surface area contributed by atoms with E-state index in [1.807, 2.05) is 24.3 Å². The average Bonchev–Trinajstić information content (AvgIpc) is 3.37. The number of hydrogen-bond acceptors (Lipinski definition) is 3. The molecule has 0 saturated heterocycles. The fraction of sp³-hybridized carbons (Fsp3) is 0.0238. The summed E-state index contributed by atoms with van der Waals surface area (Å²) in [6.07, 6.45) is 0. The molecule has 10 rings (SSSR count). The third-order valence-corrected chi connectivity index (χ3v) is 9.83. The number of benzene rings is 7. The van der Waals surface area contributed by atoms with Crippen LogP contribution < -0.4 is 10.3 Å². The molecule has 8 aromatic rings. The van der Waals surface area contributed by atoms with Crippen LogP contribution in [0.15, 0.2) is 161 Å². The van der Waals surface area contributed by atoms with Crippen molar-refractivity contribution in [3.63, 3.8) is 0 Å². The Balaban J connectivity index is 1.34. The van der Waals surface area contributed by atoms with Crippen molar-refractivity contribution in [1.82, 2.24) is 0 Å². The summed E-state index contributed by atoms with van der Waals surface area (Å²) in [7, 11) is 0. The fourth-order valence-electron chi connectivity index (χ4n) is 7.99. The van der Waals surface area contributed by atoms with E-state index in [4.69, 9.17) is 4.42 Å². The Kier molecular flexibility index (Phi) is 4.80. The van der Waals surface area contributed by atoms with Gasteiger partial charge >= 0.3 is 0 Å². The molecule has 7 aromatic carbocycles. The third-order valence-electron chi connectivity index (χ3n) is 9.83. The Labute approximate surface area is 259 Å². The predicted molar refractivity (Wildman–Crippen MR) is 183 cm³/mol. The van der Waals surface area contributed by atoms with Crippen LogP contribution in [0.1, 0.15) is 22.3 Å². The smallest absolute Gasteiger partial charge is 0.200 e. The summed E-state index contributed by atoms with van der Waals surface area (Å²) >= 11 is 0. The highest BCUT2D eigenvalue weighted by molar-refractivity contribution is 6.01. The van der Waals surface area contributed by atoms with Gasteiger partial charge in [0.1, 0.15) is 11.2 Å². The Bertz CT molecular complexity index is 2550. The van der Waals surface area contributed by atoms with Crippen LogP contribution >= 0.6 is 0 Å². The monoisotopic (exact) mass is 575 g/mol. The molecule has 0 radical (unpaired) electrons. The van der Waals surface area contributed by atoms with Gasteiger partial charge in [0, 0.05) is 5.69 Å². The summed E-state index contributed by atoms with van der Waals surface area (Å²) in [6, 6.07) is 53.2. The minimum atomic E-state index is -0.606. The van der Waals surface area contributed by atoms with Crippen molar-refractivity contribution in [3.05, 3.63) is 184 Å². The van der Waals surface area contributed by atoms with Gasteiger partial charge in [-0.15, -0.1) is 0 Å². The molecule has 2 aliphatic rings. The first-order valence-electron chi connectivity index (χ1n) is 15.3. The zero-order valence-electron chi connectivity index (χ0n) is 24.2. The molecule has 2 heterocycles. The molecule has 0 bridgehead atoms. The van der Waals surface area contributed by atoms with Crippen molar-refractivity contribution in [2.24, 2.45) is 0 Å². The summed E-state index contributed by atoms with van der Waals surface area (Å²) in [5.41, 5.74) is 11.0. The lowest BCUT2D eigenvalue weighted by Crippen LogP contribution is -2.36. The maximum Gasteiger partial charge on any atom is 0.200 e. The van der Waals surface area contributed by atoms with Gasteiger partial charge in [-0.25, -0.2) is 0 Å². The molecule has 210 valence electrons. The van der Waals surface area contributed by atoms with Crippen LogP contribution in [0.3, 0.4) is 0 Å². The number of anilines is 3. The van der Waals surface area contributed by atoms with E-state index in [0.717, 1.165) is 33.8 Å². The largest absolute Gasteiger partial charge is 0.456 e. The predicted octanol–water partition coefficient (Wildman–Crippen LogP) is 10.2. The van der Waals surface area contributed by atoms with E-state index in [1.165, 1.54) is 27.5 Å². The maximum absolute atomic E-state index is 13.8. The normalized spacial score (nSPS) is 14.0. The molecule has 0 saturated carbocycles. The Morgan fingerprint density at radius 2 is 1.11 bits per heavy atom. The lowest BCUT2D eigenvalue weighted by atomic mass is 9.64. The molecule has 1 spiro atoms. The second kappa shape index (κ2) is 8.81. The van der Waals surface area contributed by atoms with E-state index in [1.54, 1.807) is 0 Å². The Morgan fingerprint density at radius 3 is 1.91 bits per heavy atom. The van der Waals surface area contributed by atoms with Crippen molar-refractivity contribution in [2.75, 3.05) is 4.90 Å². The SMILES string of the molecule is O=c1c2ccccc2oc2cc3c(cc12)-c1ccccc1C31c2ccccc2N(c2ccc3ccccc3c2)c2ccccc21. The van der Waals surface area contributed by atoms with Gasteiger partial charge in [0.25, 0.3) is 0 Å². The summed E-state index contributed by atoms with van der Waals surface area (Å²) in [4.78, 5) is 16.2. The summed E-state index contributed by atoms with van der Waals surface area (Å²) in [6.45, 7) is 0. The first-order valence-corrected chi connectivity index (χ1v) is 15.3. The zero-order valence-corrected chi connectivity index (χ0v) is 24.2. The van der Waals surface area contributed by atoms with Crippen molar-refractivity contribution < 1.29 is 4.42 Å². The van der Waals surface area contributed by atoms with Crippen molar-refractivity contribution in [3.8, 4) is 11.1 Å². The minimum Gasteiger partial charge on any atom is -0.456 e. The quantitative estimate of drug-likeness (QED) is 0.183. The molecule has 45 heavy (non-hydrogen) atoms. The molecule has 0 fully saturated rings. The second-order valence-electron chi connectivity index (χ2n) is 12.0. The molecule has 0 amide bonds. The van der Waals surface area contributed by atoms with E-state index >= 15 is 0 Å². The second-order valence-corrected chi connectivity index (χ2v) is 12.0. The van der Waals surface area contributed by atoms with E-state index in [9.17, 15) is 4.79 Å². The Morgan fingerprint density at radius 1 is 0.467 bits per heavy atom. The van der Waals surface area contributed by atoms with Crippen LogP contribution in [-0.2, 0) is 5.41 Å². The molecule has 0 N–H and O–H groups in total. The van der Waals surface area contributed by atoms with E-state index in [0.29, 0.717) is 21.9 Å². The molecule has 0 atom stereocenters. The van der Waals surface area contributed by atoms with Crippen LogP contribution in [0.4, 0.5) is 17.1 Å². The van der Waals surface area contributed by atoms with Gasteiger partial charge in [0.15, 0.2) is 0 Å². The number of fused-ring (bicyclic) bond motifs is 12. The summed E-state index contributed by atoms with van der Waals surface area (Å²) in [5.74, 6) is 0. The van der Waals surface area contributed by atoms with E-state index < -0.39 is 5.41 Å². The minimum absolute atomic E-state index is 0.00000448. The summed E-state index contributed by atoms with van der Waals surface area (Å²) in [5, 5.41) is 3.63. The van der Waals surface area contributed by atoms with E-state index in [-0.39, 0.29) is 5.43 Å². The molecule has 1 aliphatic heterocycles. The van der Waals surface area contributed by atoms with Crippen molar-refractivity contribution in [2.45, 2.75) is 5.41 Å². The number of nitrogens with zero attached hydrogens (tertiary/aromatic N) is 1. The lowest BCUT2D eigenvalue weighted by molar-refractivity contribution is 0.657. The van der Waals surface area contributed by atoms with Crippen LogP contribution in [0, 0.1) is 0 Å².